The van der Waals surface area contributed by atoms with Gasteiger partial charge >= 0.3 is 0 Å². The first-order valence-corrected chi connectivity index (χ1v) is 3.63. The van der Waals surface area contributed by atoms with Crippen LogP contribution in [0.2, 0.25) is 0 Å². The molecule has 0 radical (unpaired) electrons. The average molecular weight is 146 g/mol. The third-order valence-corrected chi connectivity index (χ3v) is 2.00. The summed E-state index contributed by atoms with van der Waals surface area (Å²) >= 11 is 0. The summed E-state index contributed by atoms with van der Waals surface area (Å²) in [6.07, 6.45) is -0.864. The van der Waals surface area contributed by atoms with Crippen LogP contribution in [0.1, 0.15) is 20.3 Å². The summed E-state index contributed by atoms with van der Waals surface area (Å²) in [7, 11) is 0. The van der Waals surface area contributed by atoms with Gasteiger partial charge in [0.25, 0.3) is 0 Å². The zero-order chi connectivity index (χ0) is 7.72. The largest absolute Gasteiger partial charge is 0.390 e. The quantitative estimate of drug-likeness (QED) is 0.502. The summed E-state index contributed by atoms with van der Waals surface area (Å²) in [5, 5.41) is 18.4. The van der Waals surface area contributed by atoms with Crippen molar-refractivity contribution >= 4 is 0 Å². The van der Waals surface area contributed by atoms with E-state index in [1.807, 2.05) is 13.8 Å². The number of rotatable bonds is 0. The minimum Gasteiger partial charge on any atom is -0.390 e. The van der Waals surface area contributed by atoms with Crippen molar-refractivity contribution in [2.75, 3.05) is 0 Å². The maximum atomic E-state index is 9.18. The lowest BCUT2D eigenvalue weighted by Gasteiger charge is -2.33. The van der Waals surface area contributed by atoms with E-state index in [-0.39, 0.29) is 12.2 Å². The fourth-order valence-electron chi connectivity index (χ4n) is 1.15. The highest BCUT2D eigenvalue weighted by Gasteiger charge is 2.30. The maximum Gasteiger partial charge on any atom is 0.0824 e. The van der Waals surface area contributed by atoms with Crippen LogP contribution >= 0.6 is 0 Å². The van der Waals surface area contributed by atoms with Crippen LogP contribution in [0.5, 0.6) is 0 Å². The summed E-state index contributed by atoms with van der Waals surface area (Å²) in [6.45, 7) is 3.63. The third-order valence-electron chi connectivity index (χ3n) is 2.00. The van der Waals surface area contributed by atoms with Crippen LogP contribution in [0.3, 0.4) is 0 Å². The maximum absolute atomic E-state index is 9.18. The van der Waals surface area contributed by atoms with Crippen molar-refractivity contribution in [1.82, 2.24) is 0 Å². The molecular formula is C7H14O3. The van der Waals surface area contributed by atoms with Gasteiger partial charge in [-0.3, -0.25) is 0 Å². The Balaban J connectivity index is 2.46. The molecule has 3 unspecified atom stereocenters. The molecule has 1 fully saturated rings. The number of aliphatic hydroxyl groups excluding tert-OH is 2. The van der Waals surface area contributed by atoms with Gasteiger partial charge in [-0.25, -0.2) is 0 Å². The fraction of sp³-hybridized carbons (Fsp3) is 1.00. The molecule has 1 saturated heterocycles. The zero-order valence-electron chi connectivity index (χ0n) is 6.32. The normalized spacial score (nSPS) is 49.2. The first-order chi connectivity index (χ1) is 4.61. The Labute approximate surface area is 60.6 Å². The van der Waals surface area contributed by atoms with Gasteiger partial charge in [0.1, 0.15) is 0 Å². The average Bonchev–Trinajstić information content (AvgIpc) is 1.84. The molecule has 60 valence electrons. The van der Waals surface area contributed by atoms with Crippen LogP contribution in [0.15, 0.2) is 0 Å². The van der Waals surface area contributed by atoms with E-state index in [1.165, 1.54) is 0 Å². The van der Waals surface area contributed by atoms with Crippen molar-refractivity contribution in [3.05, 3.63) is 0 Å². The summed E-state index contributed by atoms with van der Waals surface area (Å²) in [6, 6.07) is 0. The van der Waals surface area contributed by atoms with E-state index in [1.54, 1.807) is 0 Å². The lowest BCUT2D eigenvalue weighted by atomic mass is 10.0. The molecule has 1 rings (SSSR count). The molecule has 0 aliphatic carbocycles. The van der Waals surface area contributed by atoms with Gasteiger partial charge in [0.05, 0.1) is 24.4 Å². The molecule has 10 heavy (non-hydrogen) atoms. The first kappa shape index (κ1) is 7.98. The van der Waals surface area contributed by atoms with Crippen LogP contribution in [-0.2, 0) is 4.74 Å². The first-order valence-electron chi connectivity index (χ1n) is 3.63. The van der Waals surface area contributed by atoms with Crippen LogP contribution in [0.4, 0.5) is 0 Å². The SMILES string of the molecule is CC1OC(C)[C@H](O)CC1O. The Hall–Kier alpha value is -0.120. The Morgan fingerprint density at radius 1 is 1.10 bits per heavy atom. The monoisotopic (exact) mass is 146 g/mol. The Kier molecular flexibility index (Phi) is 2.28. The highest BCUT2D eigenvalue weighted by Crippen LogP contribution is 2.19. The van der Waals surface area contributed by atoms with Crippen molar-refractivity contribution in [3.63, 3.8) is 0 Å². The summed E-state index contributed by atoms with van der Waals surface area (Å²) < 4.78 is 5.21. The Bertz CT molecular complexity index is 89.4. The highest BCUT2D eigenvalue weighted by atomic mass is 16.5. The van der Waals surface area contributed by atoms with Crippen LogP contribution in [-0.4, -0.2) is 34.6 Å². The molecule has 0 bridgehead atoms. The molecule has 3 nitrogen and oxygen atoms in total. The molecule has 0 amide bonds. The predicted molar refractivity (Wildman–Crippen MR) is 36.6 cm³/mol. The minimum atomic E-state index is -0.508. The van der Waals surface area contributed by atoms with Gasteiger partial charge in [0.2, 0.25) is 0 Å². The lowest BCUT2D eigenvalue weighted by molar-refractivity contribution is -0.155. The van der Waals surface area contributed by atoms with Crippen LogP contribution in [0, 0.1) is 0 Å². The summed E-state index contributed by atoms with van der Waals surface area (Å²) in [4.78, 5) is 0. The Morgan fingerprint density at radius 3 is 1.80 bits per heavy atom. The summed E-state index contributed by atoms with van der Waals surface area (Å²) in [5.74, 6) is 0. The van der Waals surface area contributed by atoms with Gasteiger partial charge in [-0.15, -0.1) is 0 Å². The van der Waals surface area contributed by atoms with Gasteiger partial charge < -0.3 is 14.9 Å². The summed E-state index contributed by atoms with van der Waals surface area (Å²) in [5.41, 5.74) is 0. The minimum absolute atomic E-state index is 0.140. The molecule has 0 aromatic carbocycles. The van der Waals surface area contributed by atoms with Crippen molar-refractivity contribution in [1.29, 1.82) is 0 Å². The van der Waals surface area contributed by atoms with E-state index in [0.717, 1.165) is 0 Å². The molecule has 0 spiro atoms. The molecule has 4 atom stereocenters. The van der Waals surface area contributed by atoms with E-state index >= 15 is 0 Å². The van der Waals surface area contributed by atoms with Gasteiger partial charge in [-0.05, 0) is 13.8 Å². The lowest BCUT2D eigenvalue weighted by Crippen LogP contribution is -2.44. The van der Waals surface area contributed by atoms with Crippen molar-refractivity contribution in [3.8, 4) is 0 Å². The number of hydrogen-bond acceptors (Lipinski definition) is 3. The molecule has 1 aliphatic heterocycles. The van der Waals surface area contributed by atoms with Crippen molar-refractivity contribution in [2.45, 2.75) is 44.7 Å². The van der Waals surface area contributed by atoms with E-state index < -0.39 is 12.2 Å². The molecule has 0 saturated carbocycles. The second-order valence-corrected chi connectivity index (χ2v) is 2.92. The number of ether oxygens (including phenoxy) is 1. The third kappa shape index (κ3) is 1.48. The number of aliphatic hydroxyl groups is 2. The van der Waals surface area contributed by atoms with E-state index in [2.05, 4.69) is 0 Å². The predicted octanol–water partition coefficient (Wildman–Crippen LogP) is -0.0945. The van der Waals surface area contributed by atoms with Crippen molar-refractivity contribution < 1.29 is 14.9 Å². The molecule has 1 aliphatic rings. The zero-order valence-corrected chi connectivity index (χ0v) is 6.32. The molecule has 2 N–H and O–H groups in total. The molecular weight excluding hydrogens is 132 g/mol. The van der Waals surface area contributed by atoms with Gasteiger partial charge in [0.15, 0.2) is 0 Å². The smallest absolute Gasteiger partial charge is 0.0824 e. The van der Waals surface area contributed by atoms with Gasteiger partial charge in [-0.1, -0.05) is 0 Å². The molecule has 0 aromatic rings. The number of hydrogen-bond donors (Lipinski definition) is 2. The Morgan fingerprint density at radius 2 is 1.50 bits per heavy atom. The van der Waals surface area contributed by atoms with Crippen molar-refractivity contribution in [2.24, 2.45) is 0 Å². The van der Waals surface area contributed by atoms with Gasteiger partial charge in [-0.2, -0.15) is 0 Å². The van der Waals surface area contributed by atoms with E-state index in [4.69, 9.17) is 4.74 Å². The second kappa shape index (κ2) is 2.86. The van der Waals surface area contributed by atoms with E-state index in [0.29, 0.717) is 6.42 Å². The van der Waals surface area contributed by atoms with Crippen LogP contribution < -0.4 is 0 Å². The molecule has 1 heterocycles. The highest BCUT2D eigenvalue weighted by molar-refractivity contribution is 4.79. The molecule has 0 aromatic heterocycles. The van der Waals surface area contributed by atoms with E-state index in [9.17, 15) is 10.2 Å². The fourth-order valence-corrected chi connectivity index (χ4v) is 1.15. The van der Waals surface area contributed by atoms with Gasteiger partial charge in [0, 0.05) is 6.42 Å². The van der Waals surface area contributed by atoms with Crippen LogP contribution in [0.25, 0.3) is 0 Å². The molecule has 3 heteroatoms. The standard InChI is InChI=1S/C7H14O3/c1-4-6(8)3-7(9)5(2)10-4/h4-9H,3H2,1-2H3/t4?,5?,6-,7?/m1/s1. The second-order valence-electron chi connectivity index (χ2n) is 2.92. The topological polar surface area (TPSA) is 49.7 Å².